The summed E-state index contributed by atoms with van der Waals surface area (Å²) in [5.74, 6) is -1.71. The Hall–Kier alpha value is -1.45. The van der Waals surface area contributed by atoms with E-state index >= 15 is 0 Å². The molecule has 0 aromatic heterocycles. The number of carbonyl (C=O) groups is 1. The van der Waals surface area contributed by atoms with Crippen molar-refractivity contribution in [2.75, 3.05) is 19.3 Å². The summed E-state index contributed by atoms with van der Waals surface area (Å²) >= 11 is 0. The van der Waals surface area contributed by atoms with Crippen LogP contribution < -0.4 is 0 Å². The predicted octanol–water partition coefficient (Wildman–Crippen LogP) is 0.185. The lowest BCUT2D eigenvalue weighted by Crippen LogP contribution is -2.30. The van der Waals surface area contributed by atoms with Crippen LogP contribution in [0.1, 0.15) is 6.42 Å². The van der Waals surface area contributed by atoms with Crippen molar-refractivity contribution in [2.24, 2.45) is 5.92 Å². The van der Waals surface area contributed by atoms with E-state index in [9.17, 15) is 21.6 Å². The number of hydrogen-bond acceptors (Lipinski definition) is 5. The molecule has 1 atom stereocenters. The summed E-state index contributed by atoms with van der Waals surface area (Å²) in [5.41, 5.74) is 0. The molecule has 0 unspecified atom stereocenters. The van der Waals surface area contributed by atoms with E-state index < -0.39 is 31.7 Å². The number of carboxylic acid groups (broad SMARTS) is 1. The summed E-state index contributed by atoms with van der Waals surface area (Å²) in [6, 6.07) is 4.90. The molecule has 0 saturated carbocycles. The zero-order valence-electron chi connectivity index (χ0n) is 11.3. The molecule has 1 aliphatic heterocycles. The van der Waals surface area contributed by atoms with Crippen LogP contribution in [0, 0.1) is 5.92 Å². The number of benzene rings is 1. The third-order valence-electron chi connectivity index (χ3n) is 3.39. The van der Waals surface area contributed by atoms with Crippen LogP contribution in [0.4, 0.5) is 0 Å². The van der Waals surface area contributed by atoms with E-state index in [1.54, 1.807) is 0 Å². The summed E-state index contributed by atoms with van der Waals surface area (Å²) in [6.07, 6.45) is 1.31. The van der Waals surface area contributed by atoms with Gasteiger partial charge < -0.3 is 5.11 Å². The van der Waals surface area contributed by atoms with Crippen molar-refractivity contribution in [3.05, 3.63) is 24.3 Å². The molecule has 0 spiro atoms. The third-order valence-corrected chi connectivity index (χ3v) is 6.40. The average molecular weight is 333 g/mol. The van der Waals surface area contributed by atoms with Gasteiger partial charge in [-0.25, -0.2) is 16.8 Å². The predicted molar refractivity (Wildman–Crippen MR) is 74.1 cm³/mol. The van der Waals surface area contributed by atoms with Crippen molar-refractivity contribution in [1.82, 2.24) is 4.31 Å². The maximum Gasteiger partial charge on any atom is 0.307 e. The van der Waals surface area contributed by atoms with E-state index in [2.05, 4.69) is 0 Å². The van der Waals surface area contributed by atoms with Crippen LogP contribution in [0.5, 0.6) is 0 Å². The quantitative estimate of drug-likeness (QED) is 0.842. The van der Waals surface area contributed by atoms with Gasteiger partial charge in [0.1, 0.15) is 0 Å². The number of sulfone groups is 1. The molecule has 1 aromatic rings. The van der Waals surface area contributed by atoms with E-state index in [0.29, 0.717) is 0 Å². The molecule has 2 rings (SSSR count). The van der Waals surface area contributed by atoms with Gasteiger partial charge in [0.15, 0.2) is 9.84 Å². The number of hydrogen-bond donors (Lipinski definition) is 1. The molecule has 1 aromatic carbocycles. The van der Waals surface area contributed by atoms with E-state index in [1.807, 2.05) is 0 Å². The topological polar surface area (TPSA) is 109 Å². The smallest absolute Gasteiger partial charge is 0.307 e. The Morgan fingerprint density at radius 3 is 2.10 bits per heavy atom. The minimum atomic E-state index is -3.79. The van der Waals surface area contributed by atoms with Crippen molar-refractivity contribution < 1.29 is 26.7 Å². The van der Waals surface area contributed by atoms with Crippen LogP contribution in [0.2, 0.25) is 0 Å². The minimum absolute atomic E-state index is 0.0336. The van der Waals surface area contributed by atoms with E-state index in [1.165, 1.54) is 24.3 Å². The Morgan fingerprint density at radius 1 is 1.14 bits per heavy atom. The average Bonchev–Trinajstić information content (AvgIpc) is 2.88. The lowest BCUT2D eigenvalue weighted by molar-refractivity contribution is -0.141. The van der Waals surface area contributed by atoms with Gasteiger partial charge in [0.25, 0.3) is 0 Å². The SMILES string of the molecule is CS(=O)(=O)c1ccc(S(=O)(=O)N2CC[C@H](C(=O)O)C2)cc1. The molecule has 0 amide bonds. The zero-order chi connectivity index (χ0) is 15.8. The van der Waals surface area contributed by atoms with Gasteiger partial charge >= 0.3 is 5.97 Å². The molecule has 1 saturated heterocycles. The number of aliphatic carboxylic acids is 1. The van der Waals surface area contributed by atoms with Crippen molar-refractivity contribution in [2.45, 2.75) is 16.2 Å². The first-order valence-electron chi connectivity index (χ1n) is 6.15. The first-order chi connectivity index (χ1) is 9.62. The van der Waals surface area contributed by atoms with Crippen LogP contribution >= 0.6 is 0 Å². The van der Waals surface area contributed by atoms with Crippen LogP contribution in [0.25, 0.3) is 0 Å². The molecule has 1 aliphatic rings. The van der Waals surface area contributed by atoms with Gasteiger partial charge in [-0.3, -0.25) is 4.79 Å². The standard InChI is InChI=1S/C12H15NO6S2/c1-20(16,17)10-2-4-11(5-3-10)21(18,19)13-7-6-9(8-13)12(14)15/h2-5,9H,6-8H2,1H3,(H,14,15)/t9-/m0/s1. The third kappa shape index (κ3) is 3.25. The number of rotatable bonds is 4. The Bertz CT molecular complexity index is 751. The molecule has 1 heterocycles. The zero-order valence-corrected chi connectivity index (χ0v) is 12.9. The summed E-state index contributed by atoms with van der Waals surface area (Å²) < 4.78 is 48.5. The van der Waals surface area contributed by atoms with Crippen molar-refractivity contribution in [3.8, 4) is 0 Å². The van der Waals surface area contributed by atoms with Gasteiger partial charge in [0.05, 0.1) is 15.7 Å². The van der Waals surface area contributed by atoms with Crippen LogP contribution in [0.3, 0.4) is 0 Å². The van der Waals surface area contributed by atoms with Crippen molar-refractivity contribution >= 4 is 25.8 Å². The highest BCUT2D eigenvalue weighted by atomic mass is 32.2. The van der Waals surface area contributed by atoms with Gasteiger partial charge in [-0.15, -0.1) is 0 Å². The molecule has 1 fully saturated rings. The highest BCUT2D eigenvalue weighted by molar-refractivity contribution is 7.90. The second kappa shape index (κ2) is 5.39. The summed E-state index contributed by atoms with van der Waals surface area (Å²) in [6.45, 7) is 0.0820. The van der Waals surface area contributed by atoms with Gasteiger partial charge in [-0.05, 0) is 30.7 Å². The Morgan fingerprint density at radius 2 is 1.67 bits per heavy atom. The molecular weight excluding hydrogens is 318 g/mol. The Kier molecular flexibility index (Phi) is 4.09. The van der Waals surface area contributed by atoms with E-state index in [0.717, 1.165) is 10.6 Å². The maximum atomic E-state index is 12.3. The number of sulfonamides is 1. The molecule has 1 N–H and O–H groups in total. The van der Waals surface area contributed by atoms with Gasteiger partial charge in [-0.1, -0.05) is 0 Å². The molecule has 0 aliphatic carbocycles. The molecule has 7 nitrogen and oxygen atoms in total. The van der Waals surface area contributed by atoms with E-state index in [-0.39, 0.29) is 29.3 Å². The van der Waals surface area contributed by atoms with Gasteiger partial charge in [0, 0.05) is 19.3 Å². The summed E-state index contributed by atoms with van der Waals surface area (Å²) in [7, 11) is -7.18. The van der Waals surface area contributed by atoms with Crippen LogP contribution in [0.15, 0.2) is 34.1 Å². The molecule has 0 radical (unpaired) electrons. The van der Waals surface area contributed by atoms with Crippen molar-refractivity contribution in [3.63, 3.8) is 0 Å². The fourth-order valence-electron chi connectivity index (χ4n) is 2.16. The Balaban J connectivity index is 2.27. The lowest BCUT2D eigenvalue weighted by Gasteiger charge is -2.16. The highest BCUT2D eigenvalue weighted by Crippen LogP contribution is 2.25. The van der Waals surface area contributed by atoms with Crippen LogP contribution in [-0.4, -0.2) is 51.6 Å². The first kappa shape index (κ1) is 15.9. The number of nitrogens with zero attached hydrogens (tertiary/aromatic N) is 1. The van der Waals surface area contributed by atoms with Crippen molar-refractivity contribution in [1.29, 1.82) is 0 Å². The summed E-state index contributed by atoms with van der Waals surface area (Å²) in [5, 5.41) is 8.91. The van der Waals surface area contributed by atoms with Gasteiger partial charge in [0.2, 0.25) is 10.0 Å². The van der Waals surface area contributed by atoms with E-state index in [4.69, 9.17) is 5.11 Å². The lowest BCUT2D eigenvalue weighted by atomic mass is 10.1. The minimum Gasteiger partial charge on any atom is -0.481 e. The second-order valence-electron chi connectivity index (χ2n) is 4.93. The molecule has 0 bridgehead atoms. The maximum absolute atomic E-state index is 12.3. The molecule has 9 heteroatoms. The highest BCUT2D eigenvalue weighted by Gasteiger charge is 2.35. The number of carboxylic acids is 1. The Labute approximate surface area is 123 Å². The fraction of sp³-hybridized carbons (Fsp3) is 0.417. The summed E-state index contributed by atoms with van der Waals surface area (Å²) in [4.78, 5) is 10.9. The fourth-order valence-corrected chi connectivity index (χ4v) is 4.29. The normalized spacial score (nSPS) is 20.5. The monoisotopic (exact) mass is 333 g/mol. The van der Waals surface area contributed by atoms with Crippen LogP contribution in [-0.2, 0) is 24.7 Å². The van der Waals surface area contributed by atoms with Gasteiger partial charge in [-0.2, -0.15) is 4.31 Å². The largest absolute Gasteiger partial charge is 0.481 e. The first-order valence-corrected chi connectivity index (χ1v) is 9.48. The molecule has 116 valence electrons. The molecular formula is C12H15NO6S2. The molecule has 21 heavy (non-hydrogen) atoms. The second-order valence-corrected chi connectivity index (χ2v) is 8.88.